The highest BCUT2D eigenvalue weighted by Gasteiger charge is 2.09. The van der Waals surface area contributed by atoms with E-state index < -0.39 is 0 Å². The van der Waals surface area contributed by atoms with Crippen molar-refractivity contribution in [2.45, 2.75) is 5.75 Å². The van der Waals surface area contributed by atoms with Crippen molar-refractivity contribution in [2.75, 3.05) is 4.72 Å². The van der Waals surface area contributed by atoms with Crippen molar-refractivity contribution in [3.8, 4) is 0 Å². The molecule has 12 heavy (non-hydrogen) atoms. The highest BCUT2D eigenvalue weighted by atomic mass is 32.2. The number of aliphatic imine (C=N–C) groups is 1. The number of fused-ring (bicyclic) bond motifs is 1. The molecule has 0 radical (unpaired) electrons. The summed E-state index contributed by atoms with van der Waals surface area (Å²) in [7, 11) is 0. The van der Waals surface area contributed by atoms with Gasteiger partial charge in [-0.05, 0) is 47.9 Å². The zero-order valence-corrected chi connectivity index (χ0v) is 7.84. The Balaban J connectivity index is 2.45. The second kappa shape index (κ2) is 3.27. The lowest BCUT2D eigenvalue weighted by atomic mass is 10.2. The number of rotatable bonds is 1. The molecule has 0 saturated heterocycles. The van der Waals surface area contributed by atoms with Crippen LogP contribution in [0.2, 0.25) is 0 Å². The van der Waals surface area contributed by atoms with E-state index in [-0.39, 0.29) is 0 Å². The second-order valence-corrected chi connectivity index (χ2v) is 3.40. The number of hydrogen-bond acceptors (Lipinski definition) is 4. The van der Waals surface area contributed by atoms with Gasteiger partial charge in [0.1, 0.15) is 0 Å². The number of nitrogens with zero attached hydrogens (tertiary/aromatic N) is 1. The van der Waals surface area contributed by atoms with E-state index in [1.165, 1.54) is 11.3 Å². The molecule has 4 heteroatoms. The van der Waals surface area contributed by atoms with E-state index in [2.05, 4.69) is 27.1 Å². The third kappa shape index (κ3) is 1.37. The van der Waals surface area contributed by atoms with Crippen molar-refractivity contribution >= 4 is 40.7 Å². The van der Waals surface area contributed by atoms with Gasteiger partial charge in [-0.15, -0.1) is 0 Å². The van der Waals surface area contributed by atoms with Gasteiger partial charge >= 0.3 is 0 Å². The molecule has 0 unspecified atom stereocenters. The van der Waals surface area contributed by atoms with Crippen LogP contribution in [0.5, 0.6) is 0 Å². The fraction of sp³-hybridized carbons (Fsp3) is 0.125. The fourth-order valence-electron chi connectivity index (χ4n) is 1.11. The van der Waals surface area contributed by atoms with E-state index >= 15 is 0 Å². The van der Waals surface area contributed by atoms with Crippen LogP contribution in [0.15, 0.2) is 23.2 Å². The summed E-state index contributed by atoms with van der Waals surface area (Å²) in [6.07, 6.45) is 0. The first-order valence-corrected chi connectivity index (χ1v) is 4.88. The van der Waals surface area contributed by atoms with Crippen molar-refractivity contribution < 1.29 is 0 Å². The number of hydrogen-bond donors (Lipinski definition) is 1. The largest absolute Gasteiger partial charge is 0.329 e. The maximum absolute atomic E-state index is 4.52. The third-order valence-electron chi connectivity index (χ3n) is 1.67. The molecule has 1 aliphatic heterocycles. The first-order chi connectivity index (χ1) is 5.90. The molecule has 0 bridgehead atoms. The van der Waals surface area contributed by atoms with E-state index in [9.17, 15) is 0 Å². The Morgan fingerprint density at radius 3 is 3.33 bits per heavy atom. The second-order valence-electron chi connectivity index (χ2n) is 2.44. The zero-order valence-electron chi connectivity index (χ0n) is 6.20. The zero-order chi connectivity index (χ0) is 8.39. The van der Waals surface area contributed by atoms with Crippen LogP contribution in [0.3, 0.4) is 0 Å². The molecule has 1 aromatic rings. The highest BCUT2D eigenvalue weighted by molar-refractivity contribution is 8.00. The lowest BCUT2D eigenvalue weighted by Gasteiger charge is -1.97. The van der Waals surface area contributed by atoms with Crippen molar-refractivity contribution in [3.63, 3.8) is 0 Å². The SMILES string of the molecule is S=C=Nc1ccc2c(c1)CSN2. The number of thiocarbonyl (C=S) groups is 1. The van der Waals surface area contributed by atoms with E-state index in [0.29, 0.717) is 0 Å². The van der Waals surface area contributed by atoms with Gasteiger partial charge in [0.2, 0.25) is 0 Å². The predicted octanol–water partition coefficient (Wildman–Crippen LogP) is 2.99. The molecule has 0 saturated carbocycles. The molecule has 1 aliphatic rings. The number of anilines is 1. The summed E-state index contributed by atoms with van der Waals surface area (Å²) in [5.74, 6) is 0.996. The Morgan fingerprint density at radius 1 is 1.58 bits per heavy atom. The molecule has 2 rings (SSSR count). The third-order valence-corrected chi connectivity index (χ3v) is 2.58. The summed E-state index contributed by atoms with van der Waals surface area (Å²) in [5, 5.41) is 2.36. The van der Waals surface area contributed by atoms with Crippen LogP contribution in [0.25, 0.3) is 0 Å². The minimum atomic E-state index is 0.882. The molecule has 2 nitrogen and oxygen atoms in total. The molecular formula is C8H6N2S2. The molecule has 0 aliphatic carbocycles. The first kappa shape index (κ1) is 7.80. The van der Waals surface area contributed by atoms with E-state index in [0.717, 1.165) is 11.4 Å². The molecule has 1 heterocycles. The Morgan fingerprint density at radius 2 is 2.50 bits per heavy atom. The minimum Gasteiger partial charge on any atom is -0.329 e. The van der Waals surface area contributed by atoms with Crippen LogP contribution in [0.4, 0.5) is 11.4 Å². The van der Waals surface area contributed by atoms with Gasteiger partial charge in [-0.25, -0.2) is 0 Å². The fourth-order valence-corrected chi connectivity index (χ4v) is 2.04. The summed E-state index contributed by atoms with van der Waals surface area (Å²) in [6.45, 7) is 0. The summed E-state index contributed by atoms with van der Waals surface area (Å²) in [4.78, 5) is 3.91. The van der Waals surface area contributed by atoms with Gasteiger partial charge in [-0.2, -0.15) is 4.99 Å². The number of nitrogens with one attached hydrogen (secondary N) is 1. The average Bonchev–Trinajstić information content (AvgIpc) is 2.51. The van der Waals surface area contributed by atoms with E-state index in [1.54, 1.807) is 11.9 Å². The molecule has 0 aromatic heterocycles. The number of benzene rings is 1. The van der Waals surface area contributed by atoms with Crippen molar-refractivity contribution in [1.29, 1.82) is 0 Å². The average molecular weight is 194 g/mol. The molecule has 1 N–H and O–H groups in total. The van der Waals surface area contributed by atoms with Gasteiger partial charge < -0.3 is 4.72 Å². The quantitative estimate of drug-likeness (QED) is 0.422. The summed E-state index contributed by atoms with van der Waals surface area (Å²) >= 11 is 6.22. The van der Waals surface area contributed by atoms with Crippen LogP contribution < -0.4 is 4.72 Å². The maximum atomic E-state index is 4.52. The molecule has 1 aromatic carbocycles. The summed E-state index contributed by atoms with van der Waals surface area (Å²) < 4.78 is 3.20. The smallest absolute Gasteiger partial charge is 0.0744 e. The van der Waals surface area contributed by atoms with Gasteiger partial charge in [-0.3, -0.25) is 0 Å². The summed E-state index contributed by atoms with van der Waals surface area (Å²) in [5.41, 5.74) is 3.35. The Bertz CT molecular complexity index is 356. The Kier molecular flexibility index (Phi) is 2.13. The topological polar surface area (TPSA) is 24.4 Å². The lowest BCUT2D eigenvalue weighted by Crippen LogP contribution is -1.78. The monoisotopic (exact) mass is 194 g/mol. The van der Waals surface area contributed by atoms with Gasteiger partial charge in [-0.1, -0.05) is 0 Å². The molecular weight excluding hydrogens is 188 g/mol. The predicted molar refractivity (Wildman–Crippen MR) is 56.0 cm³/mol. The molecule has 60 valence electrons. The van der Waals surface area contributed by atoms with E-state index in [4.69, 9.17) is 0 Å². The lowest BCUT2D eigenvalue weighted by molar-refractivity contribution is 1.43. The van der Waals surface area contributed by atoms with E-state index in [1.807, 2.05) is 18.2 Å². The standard InChI is InChI=1S/C8H6N2S2/c11-5-9-7-1-2-8-6(3-7)4-12-10-8/h1-3,10H,4H2. The van der Waals surface area contributed by atoms with Crippen LogP contribution in [-0.4, -0.2) is 5.16 Å². The van der Waals surface area contributed by atoms with Crippen molar-refractivity contribution in [1.82, 2.24) is 0 Å². The Hall–Kier alpha value is -0.830. The summed E-state index contributed by atoms with van der Waals surface area (Å²) in [6, 6.07) is 5.97. The van der Waals surface area contributed by atoms with Crippen molar-refractivity contribution in [2.24, 2.45) is 4.99 Å². The Labute approximate surface area is 80.2 Å². The molecule has 0 amide bonds. The first-order valence-electron chi connectivity index (χ1n) is 3.49. The normalized spacial score (nSPS) is 13.0. The maximum Gasteiger partial charge on any atom is 0.0744 e. The minimum absolute atomic E-state index is 0.882. The van der Waals surface area contributed by atoms with Gasteiger partial charge in [0.25, 0.3) is 0 Å². The highest BCUT2D eigenvalue weighted by Crippen LogP contribution is 2.33. The molecule has 0 fully saturated rings. The van der Waals surface area contributed by atoms with Gasteiger partial charge in [0, 0.05) is 11.4 Å². The van der Waals surface area contributed by atoms with Gasteiger partial charge in [0.05, 0.1) is 10.8 Å². The van der Waals surface area contributed by atoms with Crippen LogP contribution in [0.1, 0.15) is 5.56 Å². The van der Waals surface area contributed by atoms with Crippen LogP contribution >= 0.6 is 24.2 Å². The number of isothiocyanates is 1. The molecule has 0 atom stereocenters. The molecule has 0 spiro atoms. The van der Waals surface area contributed by atoms with Crippen molar-refractivity contribution in [3.05, 3.63) is 23.8 Å². The van der Waals surface area contributed by atoms with Crippen LogP contribution in [0, 0.1) is 0 Å². The van der Waals surface area contributed by atoms with Gasteiger partial charge in [0.15, 0.2) is 0 Å². The van der Waals surface area contributed by atoms with Crippen LogP contribution in [-0.2, 0) is 5.75 Å².